The Kier molecular flexibility index (Phi) is 5.83. The molecule has 0 aliphatic carbocycles. The van der Waals surface area contributed by atoms with E-state index in [0.717, 1.165) is 25.1 Å². The van der Waals surface area contributed by atoms with E-state index >= 15 is 0 Å². The summed E-state index contributed by atoms with van der Waals surface area (Å²) >= 11 is 0. The van der Waals surface area contributed by atoms with Gasteiger partial charge in [-0.25, -0.2) is 0 Å². The van der Waals surface area contributed by atoms with Gasteiger partial charge in [-0.1, -0.05) is 32.9 Å². The van der Waals surface area contributed by atoms with Gasteiger partial charge in [0.2, 0.25) is 5.91 Å². The van der Waals surface area contributed by atoms with Crippen molar-refractivity contribution < 1.29 is 9.53 Å². The average molecular weight is 304 g/mol. The highest BCUT2D eigenvalue weighted by atomic mass is 16.5. The fourth-order valence-electron chi connectivity index (χ4n) is 2.53. The fourth-order valence-corrected chi connectivity index (χ4v) is 2.53. The number of nitrogens with one attached hydrogen (secondary N) is 2. The molecule has 1 aromatic rings. The summed E-state index contributed by atoms with van der Waals surface area (Å²) in [4.78, 5) is 11.8. The summed E-state index contributed by atoms with van der Waals surface area (Å²) in [5, 5.41) is 6.23. The summed E-state index contributed by atoms with van der Waals surface area (Å²) in [5.41, 5.74) is 2.54. The van der Waals surface area contributed by atoms with Crippen molar-refractivity contribution in [3.8, 4) is 0 Å². The van der Waals surface area contributed by atoms with Crippen molar-refractivity contribution in [1.82, 2.24) is 5.32 Å². The predicted molar refractivity (Wildman–Crippen MR) is 90.2 cm³/mol. The summed E-state index contributed by atoms with van der Waals surface area (Å²) in [6, 6.07) is 8.43. The molecule has 4 heteroatoms. The molecule has 122 valence electrons. The van der Waals surface area contributed by atoms with Crippen LogP contribution in [0.25, 0.3) is 0 Å². The van der Waals surface area contributed by atoms with Gasteiger partial charge in [-0.3, -0.25) is 4.79 Å². The third-order valence-corrected chi connectivity index (χ3v) is 3.98. The average Bonchev–Trinajstić information content (AvgIpc) is 2.98. The van der Waals surface area contributed by atoms with Crippen molar-refractivity contribution >= 4 is 11.6 Å². The first kappa shape index (κ1) is 16.8. The number of rotatable bonds is 6. The second-order valence-electron chi connectivity index (χ2n) is 6.94. The number of anilines is 1. The van der Waals surface area contributed by atoms with Crippen LogP contribution >= 0.6 is 0 Å². The number of amides is 1. The van der Waals surface area contributed by atoms with Crippen LogP contribution < -0.4 is 10.6 Å². The van der Waals surface area contributed by atoms with E-state index < -0.39 is 0 Å². The van der Waals surface area contributed by atoms with E-state index in [4.69, 9.17) is 4.74 Å². The molecule has 1 aromatic carbocycles. The van der Waals surface area contributed by atoms with Crippen molar-refractivity contribution in [2.24, 2.45) is 0 Å². The Morgan fingerprint density at radius 2 is 2.00 bits per heavy atom. The lowest BCUT2D eigenvalue weighted by molar-refractivity contribution is -0.121. The SMILES string of the molecule is CC(C)(C)c1ccc(NCCC(=O)NCC2CCCO2)cc1. The number of carbonyl (C=O) groups is 1. The summed E-state index contributed by atoms with van der Waals surface area (Å²) in [6.07, 6.45) is 2.85. The van der Waals surface area contributed by atoms with Crippen LogP contribution in [0.4, 0.5) is 5.69 Å². The fraction of sp³-hybridized carbons (Fsp3) is 0.611. The Hall–Kier alpha value is -1.55. The molecule has 2 N–H and O–H groups in total. The van der Waals surface area contributed by atoms with Crippen molar-refractivity contribution in [3.05, 3.63) is 29.8 Å². The van der Waals surface area contributed by atoms with Crippen LogP contribution in [-0.4, -0.2) is 31.7 Å². The molecule has 22 heavy (non-hydrogen) atoms. The summed E-state index contributed by atoms with van der Waals surface area (Å²) < 4.78 is 5.49. The van der Waals surface area contributed by atoms with Gasteiger partial charge in [0.1, 0.15) is 0 Å². The Balaban J connectivity index is 1.66. The monoisotopic (exact) mass is 304 g/mol. The molecule has 0 bridgehead atoms. The number of hydrogen-bond donors (Lipinski definition) is 2. The number of benzene rings is 1. The standard InChI is InChI=1S/C18H28N2O2/c1-18(2,3)14-6-8-15(9-7-14)19-11-10-17(21)20-13-16-5-4-12-22-16/h6-9,16,19H,4-5,10-13H2,1-3H3,(H,20,21). The van der Waals surface area contributed by atoms with Crippen LogP contribution in [-0.2, 0) is 14.9 Å². The molecule has 1 heterocycles. The van der Waals surface area contributed by atoms with Gasteiger partial charge in [0.25, 0.3) is 0 Å². The molecule has 1 amide bonds. The largest absolute Gasteiger partial charge is 0.385 e. The first-order valence-electron chi connectivity index (χ1n) is 8.18. The lowest BCUT2D eigenvalue weighted by Gasteiger charge is -2.19. The minimum absolute atomic E-state index is 0.0781. The molecule has 1 aliphatic heterocycles. The maximum Gasteiger partial charge on any atom is 0.221 e. The van der Waals surface area contributed by atoms with Gasteiger partial charge in [-0.05, 0) is 36.0 Å². The van der Waals surface area contributed by atoms with E-state index in [1.165, 1.54) is 5.56 Å². The Morgan fingerprint density at radius 1 is 1.27 bits per heavy atom. The van der Waals surface area contributed by atoms with Gasteiger partial charge < -0.3 is 15.4 Å². The quantitative estimate of drug-likeness (QED) is 0.849. The third kappa shape index (κ3) is 5.34. The predicted octanol–water partition coefficient (Wildman–Crippen LogP) is 3.08. The van der Waals surface area contributed by atoms with Gasteiger partial charge >= 0.3 is 0 Å². The van der Waals surface area contributed by atoms with E-state index in [2.05, 4.69) is 55.7 Å². The Labute approximate surface area is 133 Å². The molecule has 1 atom stereocenters. The first-order chi connectivity index (χ1) is 10.4. The maximum absolute atomic E-state index is 11.8. The van der Waals surface area contributed by atoms with E-state index in [9.17, 15) is 4.79 Å². The van der Waals surface area contributed by atoms with Crippen LogP contribution in [0.1, 0.15) is 45.6 Å². The van der Waals surface area contributed by atoms with Gasteiger partial charge in [0.15, 0.2) is 0 Å². The minimum atomic E-state index is 0.0781. The normalized spacial score (nSPS) is 18.2. The molecule has 0 saturated carbocycles. The number of ether oxygens (including phenoxy) is 1. The molecule has 4 nitrogen and oxygen atoms in total. The molecule has 1 unspecified atom stereocenters. The van der Waals surface area contributed by atoms with Crippen LogP contribution in [0, 0.1) is 0 Å². The van der Waals surface area contributed by atoms with Crippen molar-refractivity contribution in [3.63, 3.8) is 0 Å². The molecular formula is C18H28N2O2. The van der Waals surface area contributed by atoms with Gasteiger partial charge in [-0.2, -0.15) is 0 Å². The van der Waals surface area contributed by atoms with Crippen LogP contribution in [0.3, 0.4) is 0 Å². The number of carbonyl (C=O) groups excluding carboxylic acids is 1. The minimum Gasteiger partial charge on any atom is -0.385 e. The zero-order valence-electron chi connectivity index (χ0n) is 13.9. The van der Waals surface area contributed by atoms with Crippen molar-refractivity contribution in [2.45, 2.75) is 51.6 Å². The Bertz CT molecular complexity index is 471. The first-order valence-corrected chi connectivity index (χ1v) is 8.18. The lowest BCUT2D eigenvalue weighted by atomic mass is 9.87. The topological polar surface area (TPSA) is 50.4 Å². The van der Waals surface area contributed by atoms with Crippen molar-refractivity contribution in [2.75, 3.05) is 25.0 Å². The highest BCUT2D eigenvalue weighted by molar-refractivity contribution is 5.76. The second-order valence-corrected chi connectivity index (χ2v) is 6.94. The zero-order valence-corrected chi connectivity index (χ0v) is 13.9. The van der Waals surface area contributed by atoms with Crippen molar-refractivity contribution in [1.29, 1.82) is 0 Å². The smallest absolute Gasteiger partial charge is 0.221 e. The Morgan fingerprint density at radius 3 is 2.59 bits per heavy atom. The zero-order chi connectivity index (χ0) is 16.0. The molecule has 1 aliphatic rings. The van der Waals surface area contributed by atoms with E-state index in [0.29, 0.717) is 19.5 Å². The molecule has 0 radical (unpaired) electrons. The molecule has 0 spiro atoms. The lowest BCUT2D eigenvalue weighted by Crippen LogP contribution is -2.32. The summed E-state index contributed by atoms with van der Waals surface area (Å²) in [5.74, 6) is 0.0781. The van der Waals surface area contributed by atoms with Crippen LogP contribution in [0.2, 0.25) is 0 Å². The van der Waals surface area contributed by atoms with Gasteiger partial charge in [-0.15, -0.1) is 0 Å². The highest BCUT2D eigenvalue weighted by Gasteiger charge is 2.16. The summed E-state index contributed by atoms with van der Waals surface area (Å²) in [6.45, 7) is 8.72. The molecule has 0 aromatic heterocycles. The van der Waals surface area contributed by atoms with Gasteiger partial charge in [0, 0.05) is 31.8 Å². The van der Waals surface area contributed by atoms with Gasteiger partial charge in [0.05, 0.1) is 6.10 Å². The molecular weight excluding hydrogens is 276 g/mol. The summed E-state index contributed by atoms with van der Waals surface area (Å²) in [7, 11) is 0. The second kappa shape index (κ2) is 7.63. The molecule has 2 rings (SSSR count). The van der Waals surface area contributed by atoms with E-state index in [1.54, 1.807) is 0 Å². The van der Waals surface area contributed by atoms with E-state index in [-0.39, 0.29) is 17.4 Å². The molecule has 1 saturated heterocycles. The number of hydrogen-bond acceptors (Lipinski definition) is 3. The maximum atomic E-state index is 11.8. The molecule has 1 fully saturated rings. The van der Waals surface area contributed by atoms with Crippen LogP contribution in [0.15, 0.2) is 24.3 Å². The third-order valence-electron chi connectivity index (χ3n) is 3.98. The van der Waals surface area contributed by atoms with E-state index in [1.807, 2.05) is 0 Å². The highest BCUT2D eigenvalue weighted by Crippen LogP contribution is 2.23. The van der Waals surface area contributed by atoms with Crippen LogP contribution in [0.5, 0.6) is 0 Å².